The molecule has 1 aromatic rings. The van der Waals surface area contributed by atoms with Crippen LogP contribution < -0.4 is 0 Å². The van der Waals surface area contributed by atoms with Crippen molar-refractivity contribution in [3.63, 3.8) is 0 Å². The fourth-order valence-corrected chi connectivity index (χ4v) is 3.39. The van der Waals surface area contributed by atoms with Gasteiger partial charge in [0.05, 0.1) is 10.0 Å². The summed E-state index contributed by atoms with van der Waals surface area (Å²) in [7, 11) is 0. The van der Waals surface area contributed by atoms with E-state index in [2.05, 4.69) is 11.8 Å². The molecule has 0 radical (unpaired) electrons. The maximum atomic E-state index is 12.3. The standard InChI is InChI=1S/C15H19Cl2NO3/c1-2-18-7-3-4-9(18)5-6-12(19)13-14(20)10(16)8-11(17)15(13)21/h8-9,20-21H,2-7H2,1H3. The molecular weight excluding hydrogens is 313 g/mol. The molecule has 0 saturated carbocycles. The minimum atomic E-state index is -0.401. The Hall–Kier alpha value is -0.970. The third-order valence-electron chi connectivity index (χ3n) is 4.07. The second-order valence-electron chi connectivity index (χ2n) is 5.30. The lowest BCUT2D eigenvalue weighted by molar-refractivity contribution is 0.0962. The number of ketones is 1. The molecule has 1 saturated heterocycles. The normalized spacial score (nSPS) is 19.1. The summed E-state index contributed by atoms with van der Waals surface area (Å²) < 4.78 is 0. The van der Waals surface area contributed by atoms with E-state index >= 15 is 0 Å². The Bertz CT molecular complexity index is 522. The molecule has 0 spiro atoms. The van der Waals surface area contributed by atoms with E-state index in [0.29, 0.717) is 12.5 Å². The summed E-state index contributed by atoms with van der Waals surface area (Å²) >= 11 is 11.6. The topological polar surface area (TPSA) is 60.8 Å². The molecule has 2 rings (SSSR count). The highest BCUT2D eigenvalue weighted by atomic mass is 35.5. The Morgan fingerprint density at radius 1 is 1.33 bits per heavy atom. The highest BCUT2D eigenvalue weighted by Gasteiger charge is 2.26. The van der Waals surface area contributed by atoms with Crippen molar-refractivity contribution in [3.8, 4) is 11.5 Å². The van der Waals surface area contributed by atoms with Gasteiger partial charge in [0.25, 0.3) is 0 Å². The highest BCUT2D eigenvalue weighted by Crippen LogP contribution is 2.40. The van der Waals surface area contributed by atoms with Gasteiger partial charge in [-0.25, -0.2) is 0 Å². The first kappa shape index (κ1) is 16.4. The summed E-state index contributed by atoms with van der Waals surface area (Å²) in [6.07, 6.45) is 3.18. The van der Waals surface area contributed by atoms with Crippen molar-refractivity contribution in [1.82, 2.24) is 4.90 Å². The number of hydrogen-bond donors (Lipinski definition) is 2. The SMILES string of the molecule is CCN1CCCC1CCC(=O)c1c(O)c(Cl)cc(Cl)c1O. The van der Waals surface area contributed by atoms with Gasteiger partial charge in [-0.3, -0.25) is 4.79 Å². The van der Waals surface area contributed by atoms with E-state index in [1.807, 2.05) is 0 Å². The average molecular weight is 332 g/mol. The second kappa shape index (κ2) is 6.86. The van der Waals surface area contributed by atoms with Crippen LogP contribution in [0, 0.1) is 0 Å². The van der Waals surface area contributed by atoms with Crippen molar-refractivity contribution in [3.05, 3.63) is 21.7 Å². The van der Waals surface area contributed by atoms with Crippen LogP contribution >= 0.6 is 23.2 Å². The summed E-state index contributed by atoms with van der Waals surface area (Å²) in [6, 6.07) is 1.61. The van der Waals surface area contributed by atoms with E-state index in [1.54, 1.807) is 0 Å². The number of nitrogens with zero attached hydrogens (tertiary/aromatic N) is 1. The average Bonchev–Trinajstić information content (AvgIpc) is 2.90. The summed E-state index contributed by atoms with van der Waals surface area (Å²) in [5.74, 6) is -1.14. The minimum Gasteiger partial charge on any atom is -0.505 e. The lowest BCUT2D eigenvalue weighted by Gasteiger charge is -2.22. The van der Waals surface area contributed by atoms with Crippen LogP contribution in [-0.2, 0) is 0 Å². The summed E-state index contributed by atoms with van der Waals surface area (Å²) in [5.41, 5.74) is -0.173. The molecule has 2 N–H and O–H groups in total. The number of benzene rings is 1. The van der Waals surface area contributed by atoms with E-state index in [1.165, 1.54) is 6.07 Å². The van der Waals surface area contributed by atoms with Crippen LogP contribution in [0.2, 0.25) is 10.0 Å². The van der Waals surface area contributed by atoms with Crippen molar-refractivity contribution in [2.24, 2.45) is 0 Å². The van der Waals surface area contributed by atoms with Crippen LogP contribution in [0.15, 0.2) is 6.07 Å². The fourth-order valence-electron chi connectivity index (χ4n) is 2.92. The van der Waals surface area contributed by atoms with Crippen molar-refractivity contribution in [2.75, 3.05) is 13.1 Å². The maximum Gasteiger partial charge on any atom is 0.170 e. The Labute approximate surface area is 134 Å². The zero-order valence-electron chi connectivity index (χ0n) is 11.9. The number of hydrogen-bond acceptors (Lipinski definition) is 4. The molecule has 1 fully saturated rings. The first-order chi connectivity index (χ1) is 9.95. The van der Waals surface area contributed by atoms with Gasteiger partial charge in [-0.1, -0.05) is 30.1 Å². The number of phenols is 2. The quantitative estimate of drug-likeness (QED) is 0.804. The van der Waals surface area contributed by atoms with Gasteiger partial charge in [0.15, 0.2) is 5.78 Å². The molecule has 21 heavy (non-hydrogen) atoms. The van der Waals surface area contributed by atoms with E-state index in [-0.39, 0.29) is 27.8 Å². The van der Waals surface area contributed by atoms with Gasteiger partial charge < -0.3 is 15.1 Å². The predicted octanol–water partition coefficient (Wildman–Crippen LogP) is 3.85. The molecule has 1 aliphatic rings. The first-order valence-corrected chi connectivity index (χ1v) is 7.88. The molecule has 0 aromatic heterocycles. The lowest BCUT2D eigenvalue weighted by Crippen LogP contribution is -2.29. The molecule has 1 aromatic carbocycles. The van der Waals surface area contributed by atoms with Gasteiger partial charge in [0, 0.05) is 12.5 Å². The van der Waals surface area contributed by atoms with Crippen LogP contribution in [0.1, 0.15) is 43.0 Å². The van der Waals surface area contributed by atoms with Crippen molar-refractivity contribution in [1.29, 1.82) is 0 Å². The number of rotatable bonds is 5. The van der Waals surface area contributed by atoms with Gasteiger partial charge in [0.2, 0.25) is 0 Å². The van der Waals surface area contributed by atoms with Gasteiger partial charge in [-0.2, -0.15) is 0 Å². The van der Waals surface area contributed by atoms with E-state index in [9.17, 15) is 15.0 Å². The number of carbonyl (C=O) groups is 1. The zero-order chi connectivity index (χ0) is 15.6. The van der Waals surface area contributed by atoms with Crippen LogP contribution in [0.3, 0.4) is 0 Å². The number of halogens is 2. The van der Waals surface area contributed by atoms with Crippen LogP contribution in [0.5, 0.6) is 11.5 Å². The fraction of sp³-hybridized carbons (Fsp3) is 0.533. The molecule has 0 aliphatic carbocycles. The number of carbonyl (C=O) groups excluding carboxylic acids is 1. The lowest BCUT2D eigenvalue weighted by atomic mass is 10.0. The molecule has 4 nitrogen and oxygen atoms in total. The Morgan fingerprint density at radius 2 is 1.95 bits per heavy atom. The molecule has 6 heteroatoms. The number of aromatic hydroxyl groups is 2. The van der Waals surface area contributed by atoms with Gasteiger partial charge in [-0.15, -0.1) is 0 Å². The third-order valence-corrected chi connectivity index (χ3v) is 4.64. The van der Waals surface area contributed by atoms with Gasteiger partial charge >= 0.3 is 0 Å². The third kappa shape index (κ3) is 3.44. The summed E-state index contributed by atoms with van der Waals surface area (Å²) in [4.78, 5) is 14.6. The van der Waals surface area contributed by atoms with Gasteiger partial charge in [0.1, 0.15) is 17.1 Å². The summed E-state index contributed by atoms with van der Waals surface area (Å²) in [5, 5.41) is 19.7. The first-order valence-electron chi connectivity index (χ1n) is 7.12. The molecule has 1 unspecified atom stereocenters. The largest absolute Gasteiger partial charge is 0.505 e. The van der Waals surface area contributed by atoms with Crippen LogP contribution in [-0.4, -0.2) is 40.0 Å². The Balaban J connectivity index is 2.11. The van der Waals surface area contributed by atoms with E-state index < -0.39 is 11.5 Å². The van der Waals surface area contributed by atoms with E-state index in [4.69, 9.17) is 23.2 Å². The number of likely N-dealkylation sites (tertiary alicyclic amines) is 1. The predicted molar refractivity (Wildman–Crippen MR) is 83.6 cm³/mol. The van der Waals surface area contributed by atoms with Crippen molar-refractivity contribution < 1.29 is 15.0 Å². The number of phenolic OH excluding ortho intramolecular Hbond substituents is 2. The number of Topliss-reactive ketones (excluding diaryl/α,β-unsaturated/α-hetero) is 1. The molecule has 1 heterocycles. The van der Waals surface area contributed by atoms with Crippen molar-refractivity contribution in [2.45, 2.75) is 38.6 Å². The monoisotopic (exact) mass is 331 g/mol. The molecule has 0 amide bonds. The molecular formula is C15H19Cl2NO3. The Morgan fingerprint density at radius 3 is 2.52 bits per heavy atom. The molecule has 116 valence electrons. The highest BCUT2D eigenvalue weighted by molar-refractivity contribution is 6.37. The van der Waals surface area contributed by atoms with Crippen LogP contribution in [0.4, 0.5) is 0 Å². The maximum absolute atomic E-state index is 12.3. The molecule has 1 atom stereocenters. The van der Waals surface area contributed by atoms with Crippen LogP contribution in [0.25, 0.3) is 0 Å². The second-order valence-corrected chi connectivity index (χ2v) is 6.11. The Kier molecular flexibility index (Phi) is 5.36. The zero-order valence-corrected chi connectivity index (χ0v) is 13.4. The van der Waals surface area contributed by atoms with Crippen molar-refractivity contribution >= 4 is 29.0 Å². The smallest absolute Gasteiger partial charge is 0.170 e. The molecule has 0 bridgehead atoms. The summed E-state index contributed by atoms with van der Waals surface area (Å²) in [6.45, 7) is 4.14. The van der Waals surface area contributed by atoms with E-state index in [0.717, 1.165) is 25.9 Å². The minimum absolute atomic E-state index is 0.0304. The van der Waals surface area contributed by atoms with Gasteiger partial charge in [-0.05, 0) is 38.4 Å². The molecule has 1 aliphatic heterocycles.